The number of rotatable bonds is 7. The van der Waals surface area contributed by atoms with Gasteiger partial charge in [0.25, 0.3) is 0 Å². The third-order valence-corrected chi connectivity index (χ3v) is 4.99. The molecule has 0 saturated heterocycles. The van der Waals surface area contributed by atoms with Gasteiger partial charge < -0.3 is 9.47 Å². The number of para-hydroxylation sites is 1. The summed E-state index contributed by atoms with van der Waals surface area (Å²) in [7, 11) is 5.53. The first-order chi connectivity index (χ1) is 10.6. The van der Waals surface area contributed by atoms with Gasteiger partial charge in [-0.1, -0.05) is 18.2 Å². The fourth-order valence-electron chi connectivity index (χ4n) is 2.32. The molecule has 4 nitrogen and oxygen atoms in total. The number of benzene rings is 1. The topological polar surface area (TPSA) is 34.6 Å². The number of nitrogens with zero attached hydrogens (tertiary/aromatic N) is 2. The lowest BCUT2D eigenvalue weighted by molar-refractivity contribution is 0.119. The molecule has 5 heteroatoms. The molecule has 0 radical (unpaired) electrons. The Kier molecular flexibility index (Phi) is 5.94. The van der Waals surface area contributed by atoms with Gasteiger partial charge in [-0.2, -0.15) is 0 Å². The summed E-state index contributed by atoms with van der Waals surface area (Å²) in [5.41, 5.74) is 2.27. The Balaban J connectivity index is 2.08. The maximum absolute atomic E-state index is 5.46. The van der Waals surface area contributed by atoms with Crippen LogP contribution in [0.5, 0.6) is 5.75 Å². The van der Waals surface area contributed by atoms with Gasteiger partial charge in [0, 0.05) is 30.6 Å². The maximum Gasteiger partial charge on any atom is 0.123 e. The lowest BCUT2D eigenvalue weighted by Crippen LogP contribution is -2.22. The summed E-state index contributed by atoms with van der Waals surface area (Å²) in [5.74, 6) is 0.925. The SMILES string of the molecule is COc1ccccc1[C@H](C)N(C)Cc1csc([C@@H](C)OC)n1. The largest absolute Gasteiger partial charge is 0.496 e. The zero-order valence-corrected chi connectivity index (χ0v) is 14.7. The van der Waals surface area contributed by atoms with Gasteiger partial charge in [-0.05, 0) is 27.0 Å². The van der Waals surface area contributed by atoms with Crippen LogP contribution in [0.3, 0.4) is 0 Å². The van der Waals surface area contributed by atoms with Crippen LogP contribution in [-0.2, 0) is 11.3 Å². The number of ether oxygens (including phenoxy) is 2. The van der Waals surface area contributed by atoms with Crippen molar-refractivity contribution < 1.29 is 9.47 Å². The van der Waals surface area contributed by atoms with Gasteiger partial charge in [0.15, 0.2) is 0 Å². The van der Waals surface area contributed by atoms with E-state index in [1.807, 2.05) is 25.1 Å². The van der Waals surface area contributed by atoms with E-state index in [2.05, 4.69) is 35.3 Å². The van der Waals surface area contributed by atoms with E-state index in [1.165, 1.54) is 5.56 Å². The molecule has 2 aromatic rings. The minimum absolute atomic E-state index is 0.0516. The van der Waals surface area contributed by atoms with Gasteiger partial charge in [-0.25, -0.2) is 4.98 Å². The van der Waals surface area contributed by atoms with Crippen molar-refractivity contribution in [2.45, 2.75) is 32.5 Å². The van der Waals surface area contributed by atoms with Crippen LogP contribution in [0.15, 0.2) is 29.6 Å². The molecule has 22 heavy (non-hydrogen) atoms. The minimum Gasteiger partial charge on any atom is -0.496 e. The summed E-state index contributed by atoms with van der Waals surface area (Å²) in [5, 5.41) is 3.13. The van der Waals surface area contributed by atoms with E-state index >= 15 is 0 Å². The van der Waals surface area contributed by atoms with Crippen molar-refractivity contribution in [1.82, 2.24) is 9.88 Å². The Morgan fingerprint density at radius 1 is 1.23 bits per heavy atom. The minimum atomic E-state index is 0.0516. The molecule has 1 aromatic heterocycles. The molecule has 0 aliphatic rings. The second kappa shape index (κ2) is 7.72. The summed E-state index contributed by atoms with van der Waals surface area (Å²) < 4.78 is 10.8. The van der Waals surface area contributed by atoms with E-state index in [0.717, 1.165) is 23.0 Å². The predicted molar refractivity (Wildman–Crippen MR) is 90.4 cm³/mol. The van der Waals surface area contributed by atoms with Crippen molar-refractivity contribution >= 4 is 11.3 Å². The molecule has 2 rings (SSSR count). The van der Waals surface area contributed by atoms with Crippen molar-refractivity contribution in [2.24, 2.45) is 0 Å². The molecule has 1 aromatic carbocycles. The van der Waals surface area contributed by atoms with E-state index in [4.69, 9.17) is 9.47 Å². The lowest BCUT2D eigenvalue weighted by atomic mass is 10.1. The van der Waals surface area contributed by atoms with Crippen LogP contribution in [0.25, 0.3) is 0 Å². The van der Waals surface area contributed by atoms with Crippen LogP contribution in [0, 0.1) is 0 Å². The van der Waals surface area contributed by atoms with Gasteiger partial charge in [0.2, 0.25) is 0 Å². The number of methoxy groups -OCH3 is 2. The van der Waals surface area contributed by atoms with Crippen LogP contribution in [-0.4, -0.2) is 31.2 Å². The van der Waals surface area contributed by atoms with Gasteiger partial charge in [0.1, 0.15) is 16.9 Å². The number of hydrogen-bond donors (Lipinski definition) is 0. The van der Waals surface area contributed by atoms with E-state index in [1.54, 1.807) is 25.6 Å². The third-order valence-electron chi connectivity index (χ3n) is 3.93. The highest BCUT2D eigenvalue weighted by atomic mass is 32.1. The molecular formula is C17H24N2O2S. The Morgan fingerprint density at radius 3 is 2.64 bits per heavy atom. The van der Waals surface area contributed by atoms with Crippen LogP contribution in [0.4, 0.5) is 0 Å². The molecule has 0 spiro atoms. The molecule has 120 valence electrons. The first-order valence-electron chi connectivity index (χ1n) is 7.37. The second-order valence-corrected chi connectivity index (χ2v) is 6.28. The van der Waals surface area contributed by atoms with Crippen LogP contribution >= 0.6 is 11.3 Å². The fraction of sp³-hybridized carbons (Fsp3) is 0.471. The normalized spacial score (nSPS) is 14.1. The first kappa shape index (κ1) is 16.9. The average molecular weight is 320 g/mol. The van der Waals surface area contributed by atoms with Crippen molar-refractivity contribution in [3.63, 3.8) is 0 Å². The zero-order chi connectivity index (χ0) is 16.1. The Morgan fingerprint density at radius 2 is 1.95 bits per heavy atom. The van der Waals surface area contributed by atoms with Gasteiger partial charge in [-0.15, -0.1) is 11.3 Å². The molecule has 0 N–H and O–H groups in total. The highest BCUT2D eigenvalue weighted by molar-refractivity contribution is 7.09. The van der Waals surface area contributed by atoms with E-state index in [-0.39, 0.29) is 12.1 Å². The molecule has 2 atom stereocenters. The zero-order valence-electron chi connectivity index (χ0n) is 13.9. The van der Waals surface area contributed by atoms with Crippen molar-refractivity contribution in [3.8, 4) is 5.75 Å². The van der Waals surface area contributed by atoms with Gasteiger partial charge in [0.05, 0.1) is 12.8 Å². The smallest absolute Gasteiger partial charge is 0.123 e. The number of hydrogen-bond acceptors (Lipinski definition) is 5. The number of thiazole rings is 1. The Bertz CT molecular complexity index is 600. The molecule has 0 saturated carbocycles. The third kappa shape index (κ3) is 3.85. The monoisotopic (exact) mass is 320 g/mol. The number of aromatic nitrogens is 1. The predicted octanol–water partition coefficient (Wildman–Crippen LogP) is 4.05. The Hall–Kier alpha value is -1.43. The molecule has 0 amide bonds. The Labute approximate surface area is 136 Å². The van der Waals surface area contributed by atoms with E-state index < -0.39 is 0 Å². The summed E-state index contributed by atoms with van der Waals surface area (Å²) in [4.78, 5) is 6.93. The van der Waals surface area contributed by atoms with Crippen LogP contribution in [0.1, 0.15) is 42.3 Å². The van der Waals surface area contributed by atoms with Gasteiger partial charge >= 0.3 is 0 Å². The highest BCUT2D eigenvalue weighted by Crippen LogP contribution is 2.29. The van der Waals surface area contributed by atoms with E-state index in [9.17, 15) is 0 Å². The molecule has 0 bridgehead atoms. The summed E-state index contributed by atoms with van der Waals surface area (Å²) in [6.45, 7) is 5.00. The maximum atomic E-state index is 5.46. The van der Waals surface area contributed by atoms with Gasteiger partial charge in [-0.3, -0.25) is 4.90 Å². The quantitative estimate of drug-likeness (QED) is 0.771. The summed E-state index contributed by atoms with van der Waals surface area (Å²) in [6.07, 6.45) is 0.0516. The van der Waals surface area contributed by atoms with Crippen LogP contribution in [0.2, 0.25) is 0 Å². The molecule has 0 aliphatic carbocycles. The molecule has 1 heterocycles. The second-order valence-electron chi connectivity index (χ2n) is 5.39. The molecule has 0 unspecified atom stereocenters. The molecular weight excluding hydrogens is 296 g/mol. The molecule has 0 aliphatic heterocycles. The lowest BCUT2D eigenvalue weighted by Gasteiger charge is -2.25. The fourth-order valence-corrected chi connectivity index (χ4v) is 3.17. The van der Waals surface area contributed by atoms with E-state index in [0.29, 0.717) is 0 Å². The highest BCUT2D eigenvalue weighted by Gasteiger charge is 2.17. The molecule has 0 fully saturated rings. The summed E-state index contributed by atoms with van der Waals surface area (Å²) in [6, 6.07) is 8.40. The van der Waals surface area contributed by atoms with Crippen LogP contribution < -0.4 is 4.74 Å². The average Bonchev–Trinajstić information content (AvgIpc) is 3.01. The van der Waals surface area contributed by atoms with Crippen molar-refractivity contribution in [2.75, 3.05) is 21.3 Å². The standard InChI is InChI=1S/C17H24N2O2S/c1-12(15-8-6-7-9-16(15)21-5)19(3)10-14-11-22-17(18-14)13(2)20-4/h6-9,11-13H,10H2,1-5H3/t12-,13+/m0/s1. The summed E-state index contributed by atoms with van der Waals surface area (Å²) >= 11 is 1.65. The van der Waals surface area contributed by atoms with Crippen molar-refractivity contribution in [1.29, 1.82) is 0 Å². The van der Waals surface area contributed by atoms with Crippen molar-refractivity contribution in [3.05, 3.63) is 45.9 Å². The first-order valence-corrected chi connectivity index (χ1v) is 8.25.